The van der Waals surface area contributed by atoms with Gasteiger partial charge >= 0.3 is 33.0 Å². The van der Waals surface area contributed by atoms with Crippen molar-refractivity contribution in [2.24, 2.45) is 7.05 Å². The molecule has 0 saturated heterocycles. The van der Waals surface area contributed by atoms with Gasteiger partial charge in [-0.2, -0.15) is 0 Å². The van der Waals surface area contributed by atoms with E-state index in [1.807, 2.05) is 0 Å². The van der Waals surface area contributed by atoms with E-state index in [4.69, 9.17) is 0 Å². The first-order chi connectivity index (χ1) is 10.8. The van der Waals surface area contributed by atoms with Crippen molar-refractivity contribution >= 4 is 18.8 Å². The van der Waals surface area contributed by atoms with Crippen LogP contribution >= 0.6 is 7.81 Å². The first-order valence-electron chi connectivity index (χ1n) is 6.83. The molecule has 0 amide bonds. The summed E-state index contributed by atoms with van der Waals surface area (Å²) in [7, 11) is -8.57. The van der Waals surface area contributed by atoms with E-state index in [9.17, 15) is 25.2 Å². The van der Waals surface area contributed by atoms with Crippen molar-refractivity contribution in [3.05, 3.63) is 66.5 Å². The molecule has 0 aliphatic heterocycles. The number of aryl methyl sites for hydroxylation is 1. The molecular formula is C15H15F6N2P. The van der Waals surface area contributed by atoms with Gasteiger partial charge in [0.1, 0.15) is 6.54 Å². The molecule has 0 aliphatic carbocycles. The molecule has 0 atom stereocenters. The van der Waals surface area contributed by atoms with Crippen LogP contribution in [0.3, 0.4) is 0 Å². The summed E-state index contributed by atoms with van der Waals surface area (Å²) in [6.45, 7) is 0.919. The number of nitrogens with zero attached hydrogens (tertiary/aromatic N) is 2. The van der Waals surface area contributed by atoms with Crippen LogP contribution in [-0.2, 0) is 13.6 Å². The molecule has 0 spiro atoms. The Labute approximate surface area is 134 Å². The van der Waals surface area contributed by atoms with Gasteiger partial charge in [-0.25, -0.2) is 9.13 Å². The van der Waals surface area contributed by atoms with E-state index < -0.39 is 7.81 Å². The van der Waals surface area contributed by atoms with Gasteiger partial charge in [0.2, 0.25) is 6.33 Å². The zero-order valence-electron chi connectivity index (χ0n) is 12.6. The molecule has 0 saturated carbocycles. The number of rotatable bonds is 2. The molecule has 1 heterocycles. The summed E-state index contributed by atoms with van der Waals surface area (Å²) >= 11 is 0. The van der Waals surface area contributed by atoms with Gasteiger partial charge in [0.25, 0.3) is 0 Å². The van der Waals surface area contributed by atoms with Gasteiger partial charge in [-0.3, -0.25) is 0 Å². The average molecular weight is 368 g/mol. The molecule has 2 aromatic carbocycles. The molecular weight excluding hydrogens is 353 g/mol. The molecule has 0 radical (unpaired) electrons. The summed E-state index contributed by atoms with van der Waals surface area (Å²) in [5.41, 5.74) is 3.87. The number of para-hydroxylation sites is 2. The number of hydrogen-bond acceptors (Lipinski definition) is 0. The van der Waals surface area contributed by atoms with Gasteiger partial charge in [-0.05, 0) is 17.7 Å². The third kappa shape index (κ3) is 6.58. The van der Waals surface area contributed by atoms with Crippen molar-refractivity contribution in [2.45, 2.75) is 6.54 Å². The summed E-state index contributed by atoms with van der Waals surface area (Å²) in [5, 5.41) is 0. The molecule has 2 nitrogen and oxygen atoms in total. The number of imidazole rings is 1. The maximum absolute atomic E-state index is 10.7. The minimum absolute atomic E-state index is 0.919. The van der Waals surface area contributed by atoms with E-state index in [1.54, 1.807) is 0 Å². The van der Waals surface area contributed by atoms with Crippen molar-refractivity contribution in [2.75, 3.05) is 0 Å². The fourth-order valence-electron chi connectivity index (χ4n) is 2.24. The molecule has 132 valence electrons. The second kappa shape index (κ2) is 5.48. The van der Waals surface area contributed by atoms with Crippen molar-refractivity contribution in [3.8, 4) is 0 Å². The predicted octanol–water partition coefficient (Wildman–Crippen LogP) is 5.90. The maximum atomic E-state index is 9.87. The quantitative estimate of drug-likeness (QED) is 0.303. The van der Waals surface area contributed by atoms with Crippen LogP contribution in [0.5, 0.6) is 0 Å². The Kier molecular flexibility index (Phi) is 4.17. The summed E-state index contributed by atoms with van der Waals surface area (Å²) in [4.78, 5) is 0. The summed E-state index contributed by atoms with van der Waals surface area (Å²) in [6, 6.07) is 19.0. The predicted molar refractivity (Wildman–Crippen MR) is 82.2 cm³/mol. The molecule has 0 aliphatic rings. The SMILES string of the molecule is C[n+]1cn(Cc2ccccc2)c2ccccc21.F[P-](F)(F)(F)(F)F. The Morgan fingerprint density at radius 3 is 1.92 bits per heavy atom. The van der Waals surface area contributed by atoms with Crippen LogP contribution in [-0.4, -0.2) is 4.57 Å². The van der Waals surface area contributed by atoms with Gasteiger partial charge in [-0.1, -0.05) is 42.5 Å². The van der Waals surface area contributed by atoms with Crippen LogP contribution in [0.15, 0.2) is 60.9 Å². The van der Waals surface area contributed by atoms with Gasteiger partial charge in [0.05, 0.1) is 7.05 Å². The van der Waals surface area contributed by atoms with Crippen LogP contribution in [0.25, 0.3) is 11.0 Å². The molecule has 9 heteroatoms. The zero-order chi connectivity index (χ0) is 18.1. The second-order valence-corrected chi connectivity index (χ2v) is 7.20. The fourth-order valence-corrected chi connectivity index (χ4v) is 2.24. The standard InChI is InChI=1S/C15H15N2.F6P/c1-16-12-17(11-13-7-3-2-4-8-13)15-10-6-5-9-14(15)16;1-7(2,3,4,5)6/h2-10,12H,11H2,1H3;/q+1;-1. The van der Waals surface area contributed by atoms with Crippen LogP contribution in [0.4, 0.5) is 25.2 Å². The van der Waals surface area contributed by atoms with Crippen LogP contribution in [0, 0.1) is 0 Å². The molecule has 0 unspecified atom stereocenters. The Morgan fingerprint density at radius 2 is 1.33 bits per heavy atom. The van der Waals surface area contributed by atoms with Crippen molar-refractivity contribution < 1.29 is 29.7 Å². The van der Waals surface area contributed by atoms with E-state index in [-0.39, 0.29) is 0 Å². The summed E-state index contributed by atoms with van der Waals surface area (Å²) in [6.07, 6.45) is 2.15. The number of fused-ring (bicyclic) bond motifs is 1. The van der Waals surface area contributed by atoms with Crippen molar-refractivity contribution in [1.82, 2.24) is 4.57 Å². The van der Waals surface area contributed by atoms with E-state index in [2.05, 4.69) is 77.1 Å². The average Bonchev–Trinajstić information content (AvgIpc) is 2.74. The summed E-state index contributed by atoms with van der Waals surface area (Å²) in [5.74, 6) is 0. The third-order valence-electron chi connectivity index (χ3n) is 3.08. The van der Waals surface area contributed by atoms with Crippen LogP contribution < -0.4 is 4.57 Å². The van der Waals surface area contributed by atoms with Crippen LogP contribution in [0.1, 0.15) is 5.56 Å². The topological polar surface area (TPSA) is 8.81 Å². The van der Waals surface area contributed by atoms with E-state index in [1.165, 1.54) is 16.6 Å². The number of hydrogen-bond donors (Lipinski definition) is 0. The molecule has 0 bridgehead atoms. The van der Waals surface area contributed by atoms with Crippen LogP contribution in [0.2, 0.25) is 0 Å². The van der Waals surface area contributed by atoms with Gasteiger partial charge in [-0.15, -0.1) is 0 Å². The normalized spacial score (nSPS) is 14.5. The molecule has 24 heavy (non-hydrogen) atoms. The first-order valence-corrected chi connectivity index (χ1v) is 8.86. The monoisotopic (exact) mass is 368 g/mol. The Hall–Kier alpha value is -2.08. The summed E-state index contributed by atoms with van der Waals surface area (Å²) < 4.78 is 63.6. The van der Waals surface area contributed by atoms with E-state index in [0.717, 1.165) is 6.54 Å². The van der Waals surface area contributed by atoms with Gasteiger partial charge in [0, 0.05) is 0 Å². The van der Waals surface area contributed by atoms with E-state index >= 15 is 0 Å². The third-order valence-corrected chi connectivity index (χ3v) is 3.08. The van der Waals surface area contributed by atoms with Gasteiger partial charge in [0.15, 0.2) is 11.0 Å². The number of aromatic nitrogens is 2. The number of halogens is 6. The molecule has 0 N–H and O–H groups in total. The Bertz CT molecular complexity index is 829. The van der Waals surface area contributed by atoms with Crippen molar-refractivity contribution in [3.63, 3.8) is 0 Å². The van der Waals surface area contributed by atoms with Crippen molar-refractivity contribution in [1.29, 1.82) is 0 Å². The molecule has 1 aromatic heterocycles. The first kappa shape index (κ1) is 18.3. The number of benzene rings is 2. The molecule has 3 aromatic rings. The Morgan fingerprint density at radius 1 is 0.833 bits per heavy atom. The molecule has 3 rings (SSSR count). The minimum atomic E-state index is -10.7. The second-order valence-electron chi connectivity index (χ2n) is 5.29. The fraction of sp³-hybridized carbons (Fsp3) is 0.133. The van der Waals surface area contributed by atoms with E-state index in [0.29, 0.717) is 0 Å². The zero-order valence-corrected chi connectivity index (χ0v) is 13.5. The van der Waals surface area contributed by atoms with Gasteiger partial charge < -0.3 is 0 Å². The molecule has 0 fully saturated rings. The Balaban J connectivity index is 0.000000256.